The van der Waals surface area contributed by atoms with Gasteiger partial charge in [0.15, 0.2) is 0 Å². The van der Waals surface area contributed by atoms with Gasteiger partial charge in [0.05, 0.1) is 23.9 Å². The molecule has 5 heteroatoms. The number of hydrogen-bond donors (Lipinski definition) is 1. The van der Waals surface area contributed by atoms with E-state index in [1.807, 2.05) is 13.8 Å². The van der Waals surface area contributed by atoms with Crippen LogP contribution in [0.15, 0.2) is 0 Å². The van der Waals surface area contributed by atoms with Gasteiger partial charge in [-0.3, -0.25) is 14.5 Å². The molecule has 2 amide bonds. The number of nitrogens with zero attached hydrogens (tertiary/aromatic N) is 2. The van der Waals surface area contributed by atoms with Crippen molar-refractivity contribution in [1.82, 2.24) is 10.2 Å². The van der Waals surface area contributed by atoms with Crippen LogP contribution in [0.5, 0.6) is 0 Å². The summed E-state index contributed by atoms with van der Waals surface area (Å²) in [5.41, 5.74) is -0.398. The van der Waals surface area contributed by atoms with Crippen molar-refractivity contribution in [3.05, 3.63) is 0 Å². The molecule has 5 nitrogen and oxygen atoms in total. The minimum atomic E-state index is -0.410. The van der Waals surface area contributed by atoms with Crippen LogP contribution in [0.2, 0.25) is 0 Å². The Hall–Kier alpha value is -1.41. The van der Waals surface area contributed by atoms with E-state index in [0.29, 0.717) is 13.0 Å². The van der Waals surface area contributed by atoms with E-state index in [1.165, 1.54) is 7.05 Å². The normalized spacial score (nSPS) is 21.4. The molecule has 1 atom stereocenters. The Balaban J connectivity index is 2.38. The molecule has 0 saturated carbocycles. The molecule has 1 saturated heterocycles. The first kappa shape index (κ1) is 12.7. The van der Waals surface area contributed by atoms with Gasteiger partial charge in [-0.25, -0.2) is 0 Å². The molecule has 0 aliphatic carbocycles. The van der Waals surface area contributed by atoms with E-state index in [-0.39, 0.29) is 18.2 Å². The number of nitrogens with one attached hydrogen (secondary N) is 1. The van der Waals surface area contributed by atoms with Gasteiger partial charge in [-0.2, -0.15) is 5.26 Å². The quantitative estimate of drug-likeness (QED) is 0.694. The topological polar surface area (TPSA) is 73.2 Å². The maximum Gasteiger partial charge on any atom is 0.246 e. The highest BCUT2D eigenvalue weighted by Gasteiger charge is 2.35. The van der Waals surface area contributed by atoms with Crippen LogP contribution in [0.3, 0.4) is 0 Å². The Bertz CT molecular complexity index is 344. The van der Waals surface area contributed by atoms with E-state index in [4.69, 9.17) is 5.26 Å². The summed E-state index contributed by atoms with van der Waals surface area (Å²) in [5, 5.41) is 11.8. The zero-order valence-corrected chi connectivity index (χ0v) is 9.91. The number of likely N-dealkylation sites (tertiary alicyclic amines) is 1. The Labute approximate surface area is 95.4 Å². The summed E-state index contributed by atoms with van der Waals surface area (Å²) in [4.78, 5) is 23.9. The molecule has 1 unspecified atom stereocenters. The van der Waals surface area contributed by atoms with Crippen molar-refractivity contribution in [2.75, 3.05) is 13.6 Å². The molecule has 0 radical (unpaired) electrons. The van der Waals surface area contributed by atoms with E-state index in [0.717, 1.165) is 4.90 Å². The van der Waals surface area contributed by atoms with Gasteiger partial charge >= 0.3 is 0 Å². The lowest BCUT2D eigenvalue weighted by molar-refractivity contribution is -0.137. The van der Waals surface area contributed by atoms with Gasteiger partial charge in [0.2, 0.25) is 11.8 Å². The number of hydrogen-bond acceptors (Lipinski definition) is 4. The number of carbonyl (C=O) groups excluding carboxylic acids is 2. The largest absolute Gasteiger partial charge is 0.305 e. The monoisotopic (exact) mass is 223 g/mol. The van der Waals surface area contributed by atoms with Crippen molar-refractivity contribution in [2.24, 2.45) is 5.41 Å². The summed E-state index contributed by atoms with van der Waals surface area (Å²) in [6.07, 6.45) is 0.882. The van der Waals surface area contributed by atoms with E-state index in [9.17, 15) is 9.59 Å². The van der Waals surface area contributed by atoms with E-state index < -0.39 is 11.5 Å². The molecule has 0 aromatic heterocycles. The molecule has 1 aliphatic heterocycles. The summed E-state index contributed by atoms with van der Waals surface area (Å²) < 4.78 is 0. The molecule has 1 fully saturated rings. The lowest BCUT2D eigenvalue weighted by Crippen LogP contribution is -2.38. The van der Waals surface area contributed by atoms with Crippen molar-refractivity contribution in [1.29, 1.82) is 5.26 Å². The molecule has 0 aromatic rings. The third-order valence-corrected chi connectivity index (χ3v) is 2.82. The predicted octanol–water partition coefficient (Wildman–Crippen LogP) is 0.273. The lowest BCUT2D eigenvalue weighted by atomic mass is 9.91. The van der Waals surface area contributed by atoms with Gasteiger partial charge in [-0.15, -0.1) is 0 Å². The van der Waals surface area contributed by atoms with E-state index >= 15 is 0 Å². The van der Waals surface area contributed by atoms with Crippen LogP contribution in [0.4, 0.5) is 0 Å². The zero-order chi connectivity index (χ0) is 12.3. The number of nitriles is 1. The number of carbonyl (C=O) groups is 2. The van der Waals surface area contributed by atoms with Crippen LogP contribution < -0.4 is 5.32 Å². The van der Waals surface area contributed by atoms with Crippen LogP contribution in [0, 0.1) is 16.7 Å². The fourth-order valence-corrected chi connectivity index (χ4v) is 1.53. The molecular formula is C11H17N3O2. The highest BCUT2D eigenvalue weighted by atomic mass is 16.2. The number of likely N-dealkylation sites (N-methyl/N-ethyl adjacent to an activating group) is 1. The lowest BCUT2D eigenvalue weighted by Gasteiger charge is -2.17. The van der Waals surface area contributed by atoms with Gasteiger partial charge in [0.1, 0.15) is 0 Å². The van der Waals surface area contributed by atoms with Crippen LogP contribution in [0.25, 0.3) is 0 Å². The summed E-state index contributed by atoms with van der Waals surface area (Å²) in [7, 11) is 1.49. The van der Waals surface area contributed by atoms with Crippen molar-refractivity contribution >= 4 is 11.8 Å². The molecule has 1 N–H and O–H groups in total. The Kier molecular flexibility index (Phi) is 3.66. The first-order valence-corrected chi connectivity index (χ1v) is 5.32. The minimum absolute atomic E-state index is 0.151. The first-order chi connectivity index (χ1) is 7.37. The smallest absolute Gasteiger partial charge is 0.246 e. The highest BCUT2D eigenvalue weighted by Crippen LogP contribution is 2.18. The molecule has 0 bridgehead atoms. The first-order valence-electron chi connectivity index (χ1n) is 5.32. The fraction of sp³-hybridized carbons (Fsp3) is 0.727. The van der Waals surface area contributed by atoms with Crippen molar-refractivity contribution < 1.29 is 9.59 Å². The summed E-state index contributed by atoms with van der Waals surface area (Å²) in [6, 6.07) is 1.78. The second-order valence-corrected chi connectivity index (χ2v) is 4.75. The summed E-state index contributed by atoms with van der Waals surface area (Å²) in [5.74, 6) is -0.332. The third-order valence-electron chi connectivity index (χ3n) is 2.82. The van der Waals surface area contributed by atoms with Crippen LogP contribution in [0.1, 0.15) is 26.7 Å². The van der Waals surface area contributed by atoms with Crippen molar-refractivity contribution in [3.8, 4) is 6.07 Å². The van der Waals surface area contributed by atoms with Gasteiger partial charge in [0, 0.05) is 7.05 Å². The Morgan fingerprint density at radius 2 is 2.19 bits per heavy atom. The molecule has 88 valence electrons. The number of imide groups is 1. The number of amides is 2. The third kappa shape index (κ3) is 2.80. The predicted molar refractivity (Wildman–Crippen MR) is 58.2 cm³/mol. The van der Waals surface area contributed by atoms with Crippen LogP contribution in [-0.4, -0.2) is 36.3 Å². The number of rotatable bonds is 4. The molecule has 0 spiro atoms. The average Bonchev–Trinajstić information content (AvgIpc) is 2.46. The average molecular weight is 223 g/mol. The van der Waals surface area contributed by atoms with Crippen LogP contribution >= 0.6 is 0 Å². The highest BCUT2D eigenvalue weighted by molar-refractivity contribution is 6.05. The summed E-state index contributed by atoms with van der Waals surface area (Å²) in [6.45, 7) is 4.27. The zero-order valence-electron chi connectivity index (χ0n) is 9.91. The van der Waals surface area contributed by atoms with Gasteiger partial charge in [-0.1, -0.05) is 0 Å². The SMILES string of the molecule is CN1C(=O)CC(NCCC(C)(C)C#N)C1=O. The second-order valence-electron chi connectivity index (χ2n) is 4.75. The van der Waals surface area contributed by atoms with Gasteiger partial charge in [-0.05, 0) is 26.8 Å². The minimum Gasteiger partial charge on any atom is -0.305 e. The molecule has 1 rings (SSSR count). The maximum absolute atomic E-state index is 11.5. The van der Waals surface area contributed by atoms with Crippen molar-refractivity contribution in [2.45, 2.75) is 32.7 Å². The van der Waals surface area contributed by atoms with Crippen molar-refractivity contribution in [3.63, 3.8) is 0 Å². The summed E-state index contributed by atoms with van der Waals surface area (Å²) >= 11 is 0. The standard InChI is InChI=1S/C11H17N3O2/c1-11(2,7-12)4-5-13-8-6-9(15)14(3)10(8)16/h8,13H,4-6H2,1-3H3. The van der Waals surface area contributed by atoms with E-state index in [2.05, 4.69) is 11.4 Å². The Morgan fingerprint density at radius 3 is 2.62 bits per heavy atom. The van der Waals surface area contributed by atoms with E-state index in [1.54, 1.807) is 0 Å². The van der Waals surface area contributed by atoms with Gasteiger partial charge < -0.3 is 5.32 Å². The molecular weight excluding hydrogens is 206 g/mol. The second kappa shape index (κ2) is 4.62. The molecule has 0 aromatic carbocycles. The molecule has 16 heavy (non-hydrogen) atoms. The maximum atomic E-state index is 11.5. The van der Waals surface area contributed by atoms with Crippen LogP contribution in [-0.2, 0) is 9.59 Å². The Morgan fingerprint density at radius 1 is 1.56 bits per heavy atom. The molecule has 1 aliphatic rings. The fourth-order valence-electron chi connectivity index (χ4n) is 1.53. The molecule has 1 heterocycles. The van der Waals surface area contributed by atoms with Gasteiger partial charge in [0.25, 0.3) is 0 Å².